The fraction of sp³-hybridized carbons (Fsp3) is 0.519. The normalized spacial score (nSPS) is 18.4. The van der Waals surface area contributed by atoms with Crippen LogP contribution in [-0.2, 0) is 28.8 Å². The second-order valence-electron chi connectivity index (χ2n) is 9.98. The topological polar surface area (TPSA) is 35.5 Å². The molecule has 4 heteroatoms. The van der Waals surface area contributed by atoms with Crippen LogP contribution < -0.4 is 4.74 Å². The van der Waals surface area contributed by atoms with Crippen molar-refractivity contribution in [2.75, 3.05) is 0 Å². The Kier molecular flexibility index (Phi) is 6.62. The van der Waals surface area contributed by atoms with Crippen molar-refractivity contribution in [3.8, 4) is 5.75 Å². The Morgan fingerprint density at radius 2 is 1.87 bits per heavy atom. The second-order valence-corrected chi connectivity index (χ2v) is 10.4. The molecule has 1 fully saturated rings. The third-order valence-corrected chi connectivity index (χ3v) is 6.32. The van der Waals surface area contributed by atoms with Crippen LogP contribution in [0.1, 0.15) is 81.2 Å². The van der Waals surface area contributed by atoms with Crippen LogP contribution in [-0.4, -0.2) is 11.6 Å². The smallest absolute Gasteiger partial charge is 0.310 e. The number of rotatable bonds is 7. The van der Waals surface area contributed by atoms with Crippen molar-refractivity contribution in [3.63, 3.8) is 0 Å². The molecule has 4 rings (SSSR count). The van der Waals surface area contributed by atoms with Crippen LogP contribution in [0.3, 0.4) is 0 Å². The average Bonchev–Trinajstić information content (AvgIpc) is 3.51. The van der Waals surface area contributed by atoms with Crippen molar-refractivity contribution in [2.24, 2.45) is 5.92 Å². The molecule has 2 aromatic rings. The summed E-state index contributed by atoms with van der Waals surface area (Å²) < 4.78 is 12.0. The number of hydrogen-bond acceptors (Lipinski definition) is 3. The summed E-state index contributed by atoms with van der Waals surface area (Å²) in [5.74, 6) is 1.42. The highest BCUT2D eigenvalue weighted by atomic mass is 35.5. The number of para-hydroxylation sites is 1. The Balaban J connectivity index is 1.54. The lowest BCUT2D eigenvalue weighted by Crippen LogP contribution is -2.25. The van der Waals surface area contributed by atoms with Crippen LogP contribution in [0.4, 0.5) is 0 Å². The minimum atomic E-state index is -0.497. The number of halogens is 1. The number of benzene rings is 2. The zero-order chi connectivity index (χ0) is 22.0. The second kappa shape index (κ2) is 9.24. The molecule has 0 spiro atoms. The molecule has 2 aliphatic rings. The maximum Gasteiger partial charge on any atom is 0.310 e. The zero-order valence-electron chi connectivity index (χ0n) is 18.9. The molecule has 0 amide bonds. The molecule has 0 bridgehead atoms. The zero-order valence-corrected chi connectivity index (χ0v) is 19.6. The predicted molar refractivity (Wildman–Crippen MR) is 125 cm³/mol. The largest absolute Gasteiger partial charge is 0.485 e. The molecule has 0 saturated heterocycles. The Hall–Kier alpha value is -2.00. The number of ether oxygens (including phenoxy) is 2. The van der Waals surface area contributed by atoms with E-state index in [1.165, 1.54) is 36.0 Å². The lowest BCUT2D eigenvalue weighted by Gasteiger charge is -2.29. The van der Waals surface area contributed by atoms with Crippen LogP contribution in [0.2, 0.25) is 5.02 Å². The Labute approximate surface area is 191 Å². The number of carbonyl (C=O) groups excluding carboxylic acids is 1. The standard InChI is InChI=1S/C27H33ClO3/c1-27(2,3)31-26(29)16-20-7-4-5-9-24(20)30-25-10-6-8-22-19(14-13-18-11-12-18)15-21(28)17-23(22)25/h4-5,7,9,15,17-18,25H,6,8,10-14,16H2,1-3H3. The highest BCUT2D eigenvalue weighted by Gasteiger charge is 2.27. The molecule has 0 aromatic heterocycles. The molecule has 1 atom stereocenters. The Morgan fingerprint density at radius 1 is 1.10 bits per heavy atom. The van der Waals surface area contributed by atoms with Crippen molar-refractivity contribution < 1.29 is 14.3 Å². The summed E-state index contributed by atoms with van der Waals surface area (Å²) in [5.41, 5.74) is 4.40. The van der Waals surface area contributed by atoms with E-state index in [-0.39, 0.29) is 18.5 Å². The molecule has 3 nitrogen and oxygen atoms in total. The van der Waals surface area contributed by atoms with Gasteiger partial charge in [-0.1, -0.05) is 42.6 Å². The number of esters is 1. The van der Waals surface area contributed by atoms with Gasteiger partial charge in [0.15, 0.2) is 0 Å². The molecule has 0 radical (unpaired) electrons. The van der Waals surface area contributed by atoms with Crippen molar-refractivity contribution >= 4 is 17.6 Å². The highest BCUT2D eigenvalue weighted by Crippen LogP contribution is 2.40. The van der Waals surface area contributed by atoms with Crippen LogP contribution in [0.5, 0.6) is 5.75 Å². The lowest BCUT2D eigenvalue weighted by atomic mass is 9.84. The van der Waals surface area contributed by atoms with Gasteiger partial charge in [0, 0.05) is 10.6 Å². The predicted octanol–water partition coefficient (Wildman–Crippen LogP) is 7.02. The maximum atomic E-state index is 12.4. The average molecular weight is 441 g/mol. The third kappa shape index (κ3) is 6.04. The van der Waals surface area contributed by atoms with Gasteiger partial charge < -0.3 is 9.47 Å². The monoisotopic (exact) mass is 440 g/mol. The number of hydrogen-bond donors (Lipinski definition) is 0. The molecule has 2 aliphatic carbocycles. The first-order valence-corrected chi connectivity index (χ1v) is 11.9. The van der Waals surface area contributed by atoms with E-state index in [4.69, 9.17) is 21.1 Å². The van der Waals surface area contributed by atoms with Crippen LogP contribution in [0.15, 0.2) is 36.4 Å². The van der Waals surface area contributed by atoms with Gasteiger partial charge in [-0.2, -0.15) is 0 Å². The molecule has 166 valence electrons. The van der Waals surface area contributed by atoms with Gasteiger partial charge in [-0.05, 0) is 93.7 Å². The number of aryl methyl sites for hydroxylation is 1. The van der Waals surface area contributed by atoms with Gasteiger partial charge in [-0.3, -0.25) is 4.79 Å². The molecule has 1 saturated carbocycles. The van der Waals surface area contributed by atoms with E-state index in [1.54, 1.807) is 0 Å². The Morgan fingerprint density at radius 3 is 2.61 bits per heavy atom. The van der Waals surface area contributed by atoms with Gasteiger partial charge in [0.1, 0.15) is 17.5 Å². The fourth-order valence-electron chi connectivity index (χ4n) is 4.49. The van der Waals surface area contributed by atoms with Crippen LogP contribution >= 0.6 is 11.6 Å². The molecule has 2 aromatic carbocycles. The van der Waals surface area contributed by atoms with Crippen molar-refractivity contribution in [3.05, 3.63) is 63.7 Å². The molecule has 0 aliphatic heterocycles. The number of carbonyl (C=O) groups is 1. The van der Waals surface area contributed by atoms with Gasteiger partial charge >= 0.3 is 5.97 Å². The van der Waals surface area contributed by atoms with E-state index >= 15 is 0 Å². The fourth-order valence-corrected chi connectivity index (χ4v) is 4.74. The van der Waals surface area contributed by atoms with E-state index in [9.17, 15) is 4.79 Å². The van der Waals surface area contributed by atoms with Gasteiger partial charge in [0.05, 0.1) is 6.42 Å². The SMILES string of the molecule is CC(C)(C)OC(=O)Cc1ccccc1OC1CCCc2c(CCC3CC3)cc(Cl)cc21. The van der Waals surface area contributed by atoms with E-state index in [0.717, 1.165) is 47.9 Å². The van der Waals surface area contributed by atoms with Gasteiger partial charge in [-0.25, -0.2) is 0 Å². The molecule has 0 heterocycles. The summed E-state index contributed by atoms with van der Waals surface area (Å²) in [7, 11) is 0. The van der Waals surface area contributed by atoms with Crippen molar-refractivity contribution in [2.45, 2.75) is 83.8 Å². The summed E-state index contributed by atoms with van der Waals surface area (Å²) in [6.45, 7) is 5.66. The summed E-state index contributed by atoms with van der Waals surface area (Å²) >= 11 is 6.53. The molecular formula is C27H33ClO3. The van der Waals surface area contributed by atoms with Crippen LogP contribution in [0.25, 0.3) is 0 Å². The number of fused-ring (bicyclic) bond motifs is 1. The maximum absolute atomic E-state index is 12.4. The Bertz CT molecular complexity index is 940. The minimum absolute atomic E-state index is 0.0399. The van der Waals surface area contributed by atoms with Crippen LogP contribution in [0, 0.1) is 5.92 Å². The van der Waals surface area contributed by atoms with E-state index < -0.39 is 5.60 Å². The molecular weight excluding hydrogens is 408 g/mol. The van der Waals surface area contributed by atoms with Gasteiger partial charge in [-0.15, -0.1) is 0 Å². The lowest BCUT2D eigenvalue weighted by molar-refractivity contribution is -0.153. The van der Waals surface area contributed by atoms with Gasteiger partial charge in [0.25, 0.3) is 0 Å². The van der Waals surface area contributed by atoms with Crippen molar-refractivity contribution in [1.82, 2.24) is 0 Å². The molecule has 31 heavy (non-hydrogen) atoms. The van der Waals surface area contributed by atoms with E-state index in [1.807, 2.05) is 45.0 Å². The quantitative estimate of drug-likeness (QED) is 0.434. The summed E-state index contributed by atoms with van der Waals surface area (Å²) in [5, 5.41) is 0.794. The third-order valence-electron chi connectivity index (χ3n) is 6.10. The molecule has 1 unspecified atom stereocenters. The first-order valence-electron chi connectivity index (χ1n) is 11.6. The summed E-state index contributed by atoms with van der Waals surface area (Å²) in [6.07, 6.45) is 8.43. The first-order chi connectivity index (χ1) is 14.8. The van der Waals surface area contributed by atoms with Gasteiger partial charge in [0.2, 0.25) is 0 Å². The van der Waals surface area contributed by atoms with E-state index in [0.29, 0.717) is 0 Å². The first kappa shape index (κ1) is 22.2. The summed E-state index contributed by atoms with van der Waals surface area (Å²) in [4.78, 5) is 12.4. The van der Waals surface area contributed by atoms with E-state index in [2.05, 4.69) is 12.1 Å². The summed E-state index contributed by atoms with van der Waals surface area (Å²) in [6, 6.07) is 12.0. The molecule has 0 N–H and O–H groups in total. The van der Waals surface area contributed by atoms with Crippen molar-refractivity contribution in [1.29, 1.82) is 0 Å². The highest BCUT2D eigenvalue weighted by molar-refractivity contribution is 6.30. The minimum Gasteiger partial charge on any atom is -0.485 e.